The summed E-state index contributed by atoms with van der Waals surface area (Å²) in [6.07, 6.45) is 1.78. The van der Waals surface area contributed by atoms with Crippen LogP contribution < -0.4 is 0 Å². The second kappa shape index (κ2) is 4.49. The van der Waals surface area contributed by atoms with Gasteiger partial charge in [-0.2, -0.15) is 0 Å². The molecule has 0 radical (unpaired) electrons. The maximum absolute atomic E-state index is 5.69. The molecular formula is C11H8ClNS. The van der Waals surface area contributed by atoms with E-state index in [9.17, 15) is 0 Å². The van der Waals surface area contributed by atoms with E-state index in [1.165, 1.54) is 4.90 Å². The van der Waals surface area contributed by atoms with Crippen LogP contribution in [-0.4, -0.2) is 4.98 Å². The van der Waals surface area contributed by atoms with Crippen molar-refractivity contribution in [3.8, 4) is 0 Å². The van der Waals surface area contributed by atoms with Gasteiger partial charge in [0, 0.05) is 16.0 Å². The molecule has 0 fully saturated rings. The number of halogens is 1. The highest BCUT2D eigenvalue weighted by Crippen LogP contribution is 2.26. The number of rotatable bonds is 2. The number of hydrogen-bond donors (Lipinski definition) is 0. The quantitative estimate of drug-likeness (QED) is 0.714. The zero-order valence-electron chi connectivity index (χ0n) is 7.35. The Morgan fingerprint density at radius 2 is 1.71 bits per heavy atom. The van der Waals surface area contributed by atoms with Gasteiger partial charge in [0.15, 0.2) is 0 Å². The van der Waals surface area contributed by atoms with E-state index in [4.69, 9.17) is 11.6 Å². The normalized spacial score (nSPS) is 10.1. The van der Waals surface area contributed by atoms with Crippen LogP contribution in [0.2, 0.25) is 5.15 Å². The van der Waals surface area contributed by atoms with E-state index in [1.807, 2.05) is 24.3 Å². The van der Waals surface area contributed by atoms with Crippen LogP contribution in [0.3, 0.4) is 0 Å². The summed E-state index contributed by atoms with van der Waals surface area (Å²) >= 11 is 7.37. The van der Waals surface area contributed by atoms with E-state index >= 15 is 0 Å². The number of hydrogen-bond acceptors (Lipinski definition) is 2. The fraction of sp³-hybridized carbons (Fsp3) is 0. The summed E-state index contributed by atoms with van der Waals surface area (Å²) in [5.41, 5.74) is 0. The summed E-state index contributed by atoms with van der Waals surface area (Å²) < 4.78 is 0. The molecule has 1 nitrogen and oxygen atoms in total. The highest BCUT2D eigenvalue weighted by Gasteiger charge is 1.96. The minimum absolute atomic E-state index is 0.530. The van der Waals surface area contributed by atoms with Gasteiger partial charge in [-0.25, -0.2) is 4.98 Å². The molecule has 0 saturated heterocycles. The molecule has 0 spiro atoms. The van der Waals surface area contributed by atoms with Crippen molar-refractivity contribution in [2.75, 3.05) is 0 Å². The van der Waals surface area contributed by atoms with Crippen LogP contribution >= 0.6 is 23.4 Å². The van der Waals surface area contributed by atoms with E-state index in [0.29, 0.717) is 5.15 Å². The summed E-state index contributed by atoms with van der Waals surface area (Å²) in [6.45, 7) is 0. The molecule has 1 aromatic carbocycles. The molecule has 0 atom stereocenters. The van der Waals surface area contributed by atoms with Gasteiger partial charge >= 0.3 is 0 Å². The smallest absolute Gasteiger partial charge is 0.129 e. The minimum Gasteiger partial charge on any atom is -0.243 e. The molecule has 0 saturated carbocycles. The zero-order chi connectivity index (χ0) is 9.80. The van der Waals surface area contributed by atoms with Gasteiger partial charge in [0.05, 0.1) is 0 Å². The highest BCUT2D eigenvalue weighted by molar-refractivity contribution is 7.99. The fourth-order valence-corrected chi connectivity index (χ4v) is 1.97. The fourth-order valence-electron chi connectivity index (χ4n) is 1.05. The largest absolute Gasteiger partial charge is 0.243 e. The second-order valence-electron chi connectivity index (χ2n) is 2.73. The summed E-state index contributed by atoms with van der Waals surface area (Å²) in [4.78, 5) is 6.32. The molecule has 0 aliphatic heterocycles. The molecule has 0 bridgehead atoms. The maximum atomic E-state index is 5.69. The molecule has 1 aromatic heterocycles. The third-order valence-electron chi connectivity index (χ3n) is 1.68. The van der Waals surface area contributed by atoms with Gasteiger partial charge in [0.1, 0.15) is 5.15 Å². The highest BCUT2D eigenvalue weighted by atomic mass is 35.5. The third-order valence-corrected chi connectivity index (χ3v) is 2.89. The van der Waals surface area contributed by atoms with Crippen LogP contribution in [0.5, 0.6) is 0 Å². The Balaban J connectivity index is 2.16. The van der Waals surface area contributed by atoms with E-state index < -0.39 is 0 Å². The zero-order valence-corrected chi connectivity index (χ0v) is 8.92. The van der Waals surface area contributed by atoms with Crippen molar-refractivity contribution in [2.45, 2.75) is 9.79 Å². The van der Waals surface area contributed by atoms with Crippen molar-refractivity contribution in [3.05, 3.63) is 53.8 Å². The lowest BCUT2D eigenvalue weighted by atomic mass is 10.4. The third kappa shape index (κ3) is 2.50. The Morgan fingerprint density at radius 1 is 0.929 bits per heavy atom. The molecule has 70 valence electrons. The van der Waals surface area contributed by atoms with E-state index in [2.05, 4.69) is 17.1 Å². The average molecular weight is 222 g/mol. The van der Waals surface area contributed by atoms with Gasteiger partial charge in [-0.15, -0.1) is 0 Å². The maximum Gasteiger partial charge on any atom is 0.129 e. The topological polar surface area (TPSA) is 12.9 Å². The van der Waals surface area contributed by atoms with Crippen molar-refractivity contribution in [1.82, 2.24) is 4.98 Å². The standard InChI is InChI=1S/C11H8ClNS/c12-11-7-6-10(8-13-11)14-9-4-2-1-3-5-9/h1-8H. The average Bonchev–Trinajstić information content (AvgIpc) is 2.23. The predicted molar refractivity (Wildman–Crippen MR) is 59.8 cm³/mol. The van der Waals surface area contributed by atoms with E-state index in [1.54, 1.807) is 24.0 Å². The van der Waals surface area contributed by atoms with Gasteiger partial charge in [0.2, 0.25) is 0 Å². The first-order chi connectivity index (χ1) is 6.84. The molecule has 2 rings (SSSR count). The van der Waals surface area contributed by atoms with Crippen LogP contribution in [0, 0.1) is 0 Å². The summed E-state index contributed by atoms with van der Waals surface area (Å²) in [5.74, 6) is 0. The first-order valence-corrected chi connectivity index (χ1v) is 5.38. The summed E-state index contributed by atoms with van der Waals surface area (Å²) in [5, 5.41) is 0.530. The first kappa shape index (κ1) is 9.56. The molecule has 0 unspecified atom stereocenters. The molecule has 1 heterocycles. The van der Waals surface area contributed by atoms with Crippen molar-refractivity contribution in [3.63, 3.8) is 0 Å². The van der Waals surface area contributed by atoms with E-state index in [-0.39, 0.29) is 0 Å². The predicted octanol–water partition coefficient (Wildman–Crippen LogP) is 3.89. The Kier molecular flexibility index (Phi) is 3.07. The second-order valence-corrected chi connectivity index (χ2v) is 4.27. The number of benzene rings is 1. The molecule has 0 N–H and O–H groups in total. The van der Waals surface area contributed by atoms with Crippen molar-refractivity contribution in [1.29, 1.82) is 0 Å². The lowest BCUT2D eigenvalue weighted by Gasteiger charge is -1.99. The van der Waals surface area contributed by atoms with Crippen molar-refractivity contribution < 1.29 is 0 Å². The molecule has 14 heavy (non-hydrogen) atoms. The molecule has 0 aliphatic rings. The van der Waals surface area contributed by atoms with Crippen molar-refractivity contribution in [2.24, 2.45) is 0 Å². The number of aromatic nitrogens is 1. The number of nitrogens with zero attached hydrogens (tertiary/aromatic N) is 1. The number of pyridine rings is 1. The lowest BCUT2D eigenvalue weighted by Crippen LogP contribution is -1.76. The van der Waals surface area contributed by atoms with Crippen LogP contribution in [-0.2, 0) is 0 Å². The van der Waals surface area contributed by atoms with E-state index in [0.717, 1.165) is 4.90 Å². The van der Waals surface area contributed by atoms with Crippen LogP contribution in [0.15, 0.2) is 58.5 Å². The molecule has 0 aliphatic carbocycles. The lowest BCUT2D eigenvalue weighted by molar-refractivity contribution is 1.23. The van der Waals surface area contributed by atoms with Crippen LogP contribution in [0.4, 0.5) is 0 Å². The van der Waals surface area contributed by atoms with Gasteiger partial charge < -0.3 is 0 Å². The Hall–Kier alpha value is -0.990. The van der Waals surface area contributed by atoms with Gasteiger partial charge in [-0.1, -0.05) is 41.6 Å². The first-order valence-electron chi connectivity index (χ1n) is 4.19. The van der Waals surface area contributed by atoms with Crippen molar-refractivity contribution >= 4 is 23.4 Å². The van der Waals surface area contributed by atoms with Gasteiger partial charge in [-0.3, -0.25) is 0 Å². The molecule has 0 amide bonds. The SMILES string of the molecule is Clc1ccc(Sc2ccccc2)cn1. The molecule has 3 heteroatoms. The van der Waals surface area contributed by atoms with Gasteiger partial charge in [-0.05, 0) is 24.3 Å². The van der Waals surface area contributed by atoms with Gasteiger partial charge in [0.25, 0.3) is 0 Å². The monoisotopic (exact) mass is 221 g/mol. The van der Waals surface area contributed by atoms with Crippen LogP contribution in [0.25, 0.3) is 0 Å². The molecule has 2 aromatic rings. The Labute approximate surface area is 92.1 Å². The Bertz CT molecular complexity index is 399. The summed E-state index contributed by atoms with van der Waals surface area (Å²) in [6, 6.07) is 13.9. The minimum atomic E-state index is 0.530. The summed E-state index contributed by atoms with van der Waals surface area (Å²) in [7, 11) is 0. The van der Waals surface area contributed by atoms with Crippen LogP contribution in [0.1, 0.15) is 0 Å². The Morgan fingerprint density at radius 3 is 2.36 bits per heavy atom. The molecular weight excluding hydrogens is 214 g/mol.